The van der Waals surface area contributed by atoms with E-state index in [-0.39, 0.29) is 40.4 Å². The van der Waals surface area contributed by atoms with Gasteiger partial charge in [-0.1, -0.05) is 0 Å². The Hall–Kier alpha value is -3.47. The zero-order valence-electron chi connectivity index (χ0n) is 20.9. The lowest BCUT2D eigenvalue weighted by Gasteiger charge is -2.38. The first-order valence-corrected chi connectivity index (χ1v) is 12.3. The fourth-order valence-corrected chi connectivity index (χ4v) is 4.48. The normalized spacial score (nSPS) is 32.6. The summed E-state index contributed by atoms with van der Waals surface area (Å²) in [6.45, 7) is 1.10. The average molecular weight is 564 g/mol. The number of ether oxygens (including phenoxy) is 4. The van der Waals surface area contributed by atoms with Crippen molar-refractivity contribution in [1.82, 2.24) is 0 Å². The summed E-state index contributed by atoms with van der Waals surface area (Å²) in [6, 6.07) is 7.69. The highest BCUT2D eigenvalue weighted by molar-refractivity contribution is 5.88. The van der Waals surface area contributed by atoms with Gasteiger partial charge in [0.1, 0.15) is 64.8 Å². The van der Waals surface area contributed by atoms with E-state index in [2.05, 4.69) is 0 Å². The first-order valence-electron chi connectivity index (χ1n) is 12.3. The summed E-state index contributed by atoms with van der Waals surface area (Å²) in [4.78, 5) is 13.6. The summed E-state index contributed by atoms with van der Waals surface area (Å²) >= 11 is 0. The maximum absolute atomic E-state index is 13.6. The highest BCUT2D eigenvalue weighted by Crippen LogP contribution is 2.38. The summed E-state index contributed by atoms with van der Waals surface area (Å²) in [5.74, 6) is -1.54. The number of aliphatic hydroxyl groups excluding tert-OH is 6. The zero-order chi connectivity index (χ0) is 28.9. The second-order valence-corrected chi connectivity index (χ2v) is 9.62. The molecule has 8 N–H and O–H groups in total. The van der Waals surface area contributed by atoms with Crippen molar-refractivity contribution in [2.45, 2.75) is 62.2 Å². The second-order valence-electron chi connectivity index (χ2n) is 9.62. The molecule has 40 heavy (non-hydrogen) atoms. The van der Waals surface area contributed by atoms with Crippen LogP contribution in [0.3, 0.4) is 0 Å². The smallest absolute Gasteiger partial charge is 0.239 e. The lowest BCUT2D eigenvalue weighted by Crippen LogP contribution is -2.58. The van der Waals surface area contributed by atoms with Gasteiger partial charge in [0.05, 0.1) is 12.7 Å². The third-order valence-electron chi connectivity index (χ3n) is 6.78. The molecule has 14 nitrogen and oxygen atoms in total. The number of benzene rings is 2. The van der Waals surface area contributed by atoms with Gasteiger partial charge in [0.15, 0.2) is 5.76 Å². The van der Waals surface area contributed by atoms with E-state index in [1.165, 1.54) is 37.3 Å². The van der Waals surface area contributed by atoms with E-state index in [1.54, 1.807) is 0 Å². The number of phenols is 2. The van der Waals surface area contributed by atoms with Crippen molar-refractivity contribution in [3.05, 3.63) is 46.6 Å². The van der Waals surface area contributed by atoms with Gasteiger partial charge in [-0.05, 0) is 31.2 Å². The van der Waals surface area contributed by atoms with Crippen LogP contribution in [0, 0.1) is 0 Å². The van der Waals surface area contributed by atoms with E-state index in [9.17, 15) is 45.6 Å². The molecule has 5 rings (SSSR count). The van der Waals surface area contributed by atoms with Gasteiger partial charge in [-0.3, -0.25) is 4.79 Å². The molecule has 2 aliphatic rings. The number of aromatic hydroxyl groups is 2. The SMILES string of the molecule is C[C@@H]1O[C@@H](Oc2c(-c3ccc(O)cc3)oc3cc(O[C@@H]4OC[C@H](O)[C@H](O)[C@@H]4O)cc(O)c3c2=O)[C@@H](O)[C@H](O)[C@H]1O. The molecule has 0 unspecified atom stereocenters. The number of fused-ring (bicyclic) bond motifs is 1. The van der Waals surface area contributed by atoms with Crippen LogP contribution in [0.25, 0.3) is 22.3 Å². The minimum atomic E-state index is -1.76. The molecule has 0 spiro atoms. The monoisotopic (exact) mass is 564 g/mol. The fraction of sp³-hybridized carbons (Fsp3) is 0.423. The largest absolute Gasteiger partial charge is 0.508 e. The number of aliphatic hydroxyl groups is 6. The van der Waals surface area contributed by atoms with E-state index in [0.717, 1.165) is 6.07 Å². The van der Waals surface area contributed by atoms with Crippen LogP contribution in [0.2, 0.25) is 0 Å². The molecule has 0 aliphatic carbocycles. The molecule has 2 aromatic carbocycles. The lowest BCUT2D eigenvalue weighted by molar-refractivity contribution is -0.268. The Morgan fingerprint density at radius 2 is 1.50 bits per heavy atom. The molecule has 0 amide bonds. The molecular formula is C26H28O14. The van der Waals surface area contributed by atoms with Crippen LogP contribution in [0.15, 0.2) is 45.6 Å². The zero-order valence-corrected chi connectivity index (χ0v) is 20.9. The van der Waals surface area contributed by atoms with Crippen molar-refractivity contribution < 1.29 is 64.2 Å². The number of hydrogen-bond donors (Lipinski definition) is 8. The Kier molecular flexibility index (Phi) is 7.60. The minimum Gasteiger partial charge on any atom is -0.508 e. The van der Waals surface area contributed by atoms with Crippen molar-refractivity contribution >= 4 is 11.0 Å². The summed E-state index contributed by atoms with van der Waals surface area (Å²) in [5, 5.41) is 80.5. The molecule has 1 aromatic heterocycles. The van der Waals surface area contributed by atoms with Crippen LogP contribution >= 0.6 is 0 Å². The summed E-state index contributed by atoms with van der Waals surface area (Å²) < 4.78 is 27.9. The molecule has 0 bridgehead atoms. The van der Waals surface area contributed by atoms with Crippen LogP contribution < -0.4 is 14.9 Å². The average Bonchev–Trinajstić information content (AvgIpc) is 2.92. The Morgan fingerprint density at radius 1 is 0.825 bits per heavy atom. The van der Waals surface area contributed by atoms with Crippen LogP contribution in [0.1, 0.15) is 6.92 Å². The van der Waals surface area contributed by atoms with Crippen molar-refractivity contribution in [2.75, 3.05) is 6.61 Å². The topological polar surface area (TPSA) is 229 Å². The van der Waals surface area contributed by atoms with Crippen molar-refractivity contribution in [2.24, 2.45) is 0 Å². The highest BCUT2D eigenvalue weighted by atomic mass is 16.7. The molecule has 3 heterocycles. The first-order chi connectivity index (χ1) is 19.0. The van der Waals surface area contributed by atoms with Gasteiger partial charge < -0.3 is 64.2 Å². The summed E-state index contributed by atoms with van der Waals surface area (Å²) in [7, 11) is 0. The summed E-state index contributed by atoms with van der Waals surface area (Å²) in [6.07, 6.45) is -13.3. The molecule has 3 aromatic rings. The van der Waals surface area contributed by atoms with Gasteiger partial charge in [0.25, 0.3) is 0 Å². The van der Waals surface area contributed by atoms with Gasteiger partial charge in [0.2, 0.25) is 23.8 Å². The standard InChI is InChI=1S/C26H28O14/c1-9-17(30)20(33)22(35)26(37-9)40-24-19(32)16-13(28)6-12(38-25-21(34)18(31)14(29)8-36-25)7-15(16)39-23(24)10-2-4-11(27)5-3-10/h2-7,9,14,17-18,20-22,25-31,33-35H,8H2,1H3/t9-,14-,17-,18-,20+,21-,22-,25-,26-/m0/s1. The second kappa shape index (κ2) is 10.8. The van der Waals surface area contributed by atoms with E-state index in [1.807, 2.05) is 0 Å². The van der Waals surface area contributed by atoms with Gasteiger partial charge in [-0.15, -0.1) is 0 Å². The van der Waals surface area contributed by atoms with E-state index < -0.39 is 72.2 Å². The molecule has 0 radical (unpaired) electrons. The molecule has 14 heteroatoms. The van der Waals surface area contributed by atoms with Crippen molar-refractivity contribution in [1.29, 1.82) is 0 Å². The Labute approximate surface area is 225 Å². The quantitative estimate of drug-likeness (QED) is 0.184. The molecule has 9 atom stereocenters. The fourth-order valence-electron chi connectivity index (χ4n) is 4.48. The number of hydrogen-bond acceptors (Lipinski definition) is 14. The minimum absolute atomic E-state index is 0.0852. The van der Waals surface area contributed by atoms with Crippen LogP contribution in [0.4, 0.5) is 0 Å². The highest BCUT2D eigenvalue weighted by Gasteiger charge is 2.44. The van der Waals surface area contributed by atoms with Crippen molar-refractivity contribution in [3.63, 3.8) is 0 Å². The molecular weight excluding hydrogens is 536 g/mol. The maximum atomic E-state index is 13.6. The Balaban J connectivity index is 1.58. The van der Waals surface area contributed by atoms with Crippen molar-refractivity contribution in [3.8, 4) is 34.3 Å². The Morgan fingerprint density at radius 3 is 2.20 bits per heavy atom. The molecule has 2 fully saturated rings. The third kappa shape index (κ3) is 5.07. The number of phenolic OH excluding ortho intramolecular Hbond substituents is 2. The third-order valence-corrected chi connectivity index (χ3v) is 6.78. The molecule has 2 aliphatic heterocycles. The summed E-state index contributed by atoms with van der Waals surface area (Å²) in [5.41, 5.74) is -0.861. The van der Waals surface area contributed by atoms with Crippen LogP contribution in [0.5, 0.6) is 23.0 Å². The van der Waals surface area contributed by atoms with Gasteiger partial charge in [0, 0.05) is 17.7 Å². The number of rotatable bonds is 5. The van der Waals surface area contributed by atoms with Gasteiger partial charge in [-0.25, -0.2) is 0 Å². The lowest BCUT2D eigenvalue weighted by atomic mass is 10.00. The Bertz CT molecular complexity index is 1420. The van der Waals surface area contributed by atoms with Gasteiger partial charge >= 0.3 is 0 Å². The first kappa shape index (κ1) is 28.1. The maximum Gasteiger partial charge on any atom is 0.239 e. The molecule has 0 saturated carbocycles. The molecule has 216 valence electrons. The van der Waals surface area contributed by atoms with E-state index in [4.69, 9.17) is 23.4 Å². The van der Waals surface area contributed by atoms with E-state index >= 15 is 0 Å². The van der Waals surface area contributed by atoms with E-state index in [0.29, 0.717) is 0 Å². The predicted molar refractivity (Wildman–Crippen MR) is 133 cm³/mol. The predicted octanol–water partition coefficient (Wildman–Crippen LogP) is -1.10. The molecule has 2 saturated heterocycles. The van der Waals surface area contributed by atoms with Gasteiger partial charge in [-0.2, -0.15) is 0 Å². The van der Waals surface area contributed by atoms with Crippen LogP contribution in [-0.2, 0) is 9.47 Å². The van der Waals surface area contributed by atoms with Crippen LogP contribution in [-0.4, -0.2) is 103 Å².